The van der Waals surface area contributed by atoms with Crippen molar-refractivity contribution in [2.45, 2.75) is 11.3 Å². The predicted molar refractivity (Wildman–Crippen MR) is 80.8 cm³/mol. The average molecular weight is 335 g/mol. The third-order valence-corrected chi connectivity index (χ3v) is 4.81. The van der Waals surface area contributed by atoms with E-state index in [9.17, 15) is 13.2 Å². The maximum absolute atomic E-state index is 12.2. The Kier molecular flexibility index (Phi) is 7.10. The van der Waals surface area contributed by atoms with Crippen molar-refractivity contribution in [1.82, 2.24) is 9.62 Å². The minimum Gasteiger partial charge on any atom is -0.385 e. The monoisotopic (exact) mass is 334 g/mol. The molecular weight excluding hydrogens is 316 g/mol. The molecule has 0 atom stereocenters. The number of benzene rings is 1. The number of halogens is 1. The lowest BCUT2D eigenvalue weighted by Crippen LogP contribution is -2.38. The maximum atomic E-state index is 12.2. The maximum Gasteiger partial charge on any atom is 0.243 e. The Morgan fingerprint density at radius 3 is 2.52 bits per heavy atom. The molecule has 0 bridgehead atoms. The zero-order valence-corrected chi connectivity index (χ0v) is 13.6. The summed E-state index contributed by atoms with van der Waals surface area (Å²) in [7, 11) is -0.759. The van der Waals surface area contributed by atoms with E-state index in [1.54, 1.807) is 7.11 Å². The molecule has 0 saturated carbocycles. The lowest BCUT2D eigenvalue weighted by atomic mass is 10.4. The normalized spacial score (nSPS) is 11.6. The average Bonchev–Trinajstić information content (AvgIpc) is 2.44. The molecule has 1 N–H and O–H groups in total. The molecule has 0 radical (unpaired) electrons. The molecule has 8 heteroatoms. The van der Waals surface area contributed by atoms with E-state index in [0.29, 0.717) is 24.6 Å². The van der Waals surface area contributed by atoms with Gasteiger partial charge in [0.1, 0.15) is 0 Å². The number of carbonyl (C=O) groups is 1. The van der Waals surface area contributed by atoms with Gasteiger partial charge < -0.3 is 10.1 Å². The molecule has 118 valence electrons. The summed E-state index contributed by atoms with van der Waals surface area (Å²) < 4.78 is 30.3. The van der Waals surface area contributed by atoms with Gasteiger partial charge in [-0.25, -0.2) is 8.42 Å². The van der Waals surface area contributed by atoms with E-state index in [0.717, 1.165) is 4.31 Å². The fourth-order valence-corrected chi connectivity index (χ4v) is 2.83. The summed E-state index contributed by atoms with van der Waals surface area (Å²) in [5.41, 5.74) is 0. The summed E-state index contributed by atoms with van der Waals surface area (Å²) in [5.74, 6) is -0.355. The molecule has 0 heterocycles. The van der Waals surface area contributed by atoms with Crippen molar-refractivity contribution < 1.29 is 17.9 Å². The van der Waals surface area contributed by atoms with E-state index in [-0.39, 0.29) is 17.3 Å². The summed E-state index contributed by atoms with van der Waals surface area (Å²) in [6.07, 6.45) is 0.676. The first-order valence-corrected chi connectivity index (χ1v) is 8.17. The molecule has 6 nitrogen and oxygen atoms in total. The fraction of sp³-hybridized carbons (Fsp3) is 0.462. The van der Waals surface area contributed by atoms with Crippen LogP contribution in [0.1, 0.15) is 6.42 Å². The minimum absolute atomic E-state index is 0.0987. The topological polar surface area (TPSA) is 75.7 Å². The van der Waals surface area contributed by atoms with Gasteiger partial charge in [-0.1, -0.05) is 11.6 Å². The highest BCUT2D eigenvalue weighted by molar-refractivity contribution is 7.89. The molecule has 0 unspecified atom stereocenters. The number of nitrogens with one attached hydrogen (secondary N) is 1. The van der Waals surface area contributed by atoms with Crippen molar-refractivity contribution in [3.8, 4) is 0 Å². The molecule has 0 aliphatic rings. The van der Waals surface area contributed by atoms with Crippen molar-refractivity contribution in [2.75, 3.05) is 33.9 Å². The van der Waals surface area contributed by atoms with Gasteiger partial charge >= 0.3 is 0 Å². The quantitative estimate of drug-likeness (QED) is 0.723. The number of sulfonamides is 1. The van der Waals surface area contributed by atoms with E-state index in [1.807, 2.05) is 0 Å². The Bertz CT molecular complexity index is 560. The van der Waals surface area contributed by atoms with Crippen LogP contribution in [0.2, 0.25) is 5.02 Å². The largest absolute Gasteiger partial charge is 0.385 e. The number of amides is 1. The molecule has 1 rings (SSSR count). The molecule has 0 saturated heterocycles. The molecule has 0 fully saturated rings. The van der Waals surface area contributed by atoms with E-state index >= 15 is 0 Å². The van der Waals surface area contributed by atoms with Gasteiger partial charge in [0.2, 0.25) is 15.9 Å². The zero-order chi connectivity index (χ0) is 15.9. The SMILES string of the molecule is COCCCNC(=O)CN(C)S(=O)(=O)c1ccc(Cl)cc1. The number of nitrogens with zero attached hydrogens (tertiary/aromatic N) is 1. The van der Waals surface area contributed by atoms with Gasteiger partial charge in [0.15, 0.2) is 0 Å². The van der Waals surface area contributed by atoms with Crippen LogP contribution < -0.4 is 5.32 Å². The van der Waals surface area contributed by atoms with Crippen LogP contribution >= 0.6 is 11.6 Å². The van der Waals surface area contributed by atoms with Gasteiger partial charge in [-0.05, 0) is 30.7 Å². The van der Waals surface area contributed by atoms with E-state index < -0.39 is 10.0 Å². The number of ether oxygens (including phenoxy) is 1. The molecule has 0 aromatic heterocycles. The number of carbonyl (C=O) groups excluding carboxylic acids is 1. The molecule has 21 heavy (non-hydrogen) atoms. The Balaban J connectivity index is 2.59. The standard InChI is InChI=1S/C13H19ClN2O4S/c1-16(10-13(17)15-8-3-9-20-2)21(18,19)12-6-4-11(14)5-7-12/h4-7H,3,8-10H2,1-2H3,(H,15,17). The first kappa shape index (κ1) is 17.9. The number of rotatable bonds is 8. The summed E-state index contributed by atoms with van der Waals surface area (Å²) in [6.45, 7) is 0.749. The zero-order valence-electron chi connectivity index (χ0n) is 12.0. The Labute approximate surface area is 130 Å². The van der Waals surface area contributed by atoms with E-state index in [1.165, 1.54) is 31.3 Å². The smallest absolute Gasteiger partial charge is 0.243 e. The Morgan fingerprint density at radius 2 is 1.95 bits per heavy atom. The Morgan fingerprint density at radius 1 is 1.33 bits per heavy atom. The highest BCUT2D eigenvalue weighted by Gasteiger charge is 2.22. The van der Waals surface area contributed by atoms with Gasteiger partial charge in [0, 0.05) is 32.3 Å². The highest BCUT2D eigenvalue weighted by Crippen LogP contribution is 2.17. The molecule has 0 aliphatic heterocycles. The summed E-state index contributed by atoms with van der Waals surface area (Å²) >= 11 is 5.73. The molecule has 0 spiro atoms. The molecule has 0 aliphatic carbocycles. The highest BCUT2D eigenvalue weighted by atomic mass is 35.5. The lowest BCUT2D eigenvalue weighted by Gasteiger charge is -2.17. The number of methoxy groups -OCH3 is 1. The van der Waals surface area contributed by atoms with Gasteiger partial charge in [-0.3, -0.25) is 4.79 Å². The van der Waals surface area contributed by atoms with Crippen molar-refractivity contribution in [3.63, 3.8) is 0 Å². The van der Waals surface area contributed by atoms with Gasteiger partial charge in [-0.2, -0.15) is 4.31 Å². The third-order valence-electron chi connectivity index (χ3n) is 2.74. The molecule has 1 amide bonds. The van der Waals surface area contributed by atoms with Crippen LogP contribution in [0, 0.1) is 0 Å². The molecule has 1 aromatic carbocycles. The lowest BCUT2D eigenvalue weighted by molar-refractivity contribution is -0.121. The van der Waals surface area contributed by atoms with Crippen molar-refractivity contribution in [1.29, 1.82) is 0 Å². The van der Waals surface area contributed by atoms with Gasteiger partial charge in [0.25, 0.3) is 0 Å². The summed E-state index contributed by atoms with van der Waals surface area (Å²) in [6, 6.07) is 5.80. The first-order chi connectivity index (χ1) is 9.87. The van der Waals surface area contributed by atoms with Crippen LogP contribution in [0.5, 0.6) is 0 Å². The predicted octanol–water partition coefficient (Wildman–Crippen LogP) is 1.11. The number of hydrogen-bond acceptors (Lipinski definition) is 4. The van der Waals surface area contributed by atoms with Crippen LogP contribution in [0.25, 0.3) is 0 Å². The first-order valence-electron chi connectivity index (χ1n) is 6.35. The molecule has 1 aromatic rings. The molecular formula is C13H19ClN2O4S. The summed E-state index contributed by atoms with van der Waals surface area (Å²) in [5, 5.41) is 3.09. The van der Waals surface area contributed by atoms with Crippen LogP contribution in [0.3, 0.4) is 0 Å². The number of likely N-dealkylation sites (N-methyl/N-ethyl adjacent to an activating group) is 1. The second kappa shape index (κ2) is 8.33. The number of hydrogen-bond donors (Lipinski definition) is 1. The van der Waals surface area contributed by atoms with Crippen LogP contribution in [-0.2, 0) is 19.6 Å². The Hall–Kier alpha value is -1.15. The van der Waals surface area contributed by atoms with E-state index in [4.69, 9.17) is 16.3 Å². The van der Waals surface area contributed by atoms with Crippen LogP contribution in [-0.4, -0.2) is 52.5 Å². The van der Waals surface area contributed by atoms with Crippen LogP contribution in [0.4, 0.5) is 0 Å². The van der Waals surface area contributed by atoms with Crippen molar-refractivity contribution in [2.24, 2.45) is 0 Å². The van der Waals surface area contributed by atoms with Gasteiger partial charge in [-0.15, -0.1) is 0 Å². The third kappa shape index (κ3) is 5.62. The summed E-state index contributed by atoms with van der Waals surface area (Å²) in [4.78, 5) is 11.8. The second-order valence-electron chi connectivity index (χ2n) is 4.41. The van der Waals surface area contributed by atoms with Crippen LogP contribution in [0.15, 0.2) is 29.2 Å². The van der Waals surface area contributed by atoms with Crippen molar-refractivity contribution >= 4 is 27.5 Å². The van der Waals surface area contributed by atoms with Gasteiger partial charge in [0.05, 0.1) is 11.4 Å². The second-order valence-corrected chi connectivity index (χ2v) is 6.89. The minimum atomic E-state index is -3.70. The fourth-order valence-electron chi connectivity index (χ4n) is 1.57. The van der Waals surface area contributed by atoms with Crippen molar-refractivity contribution in [3.05, 3.63) is 29.3 Å². The van der Waals surface area contributed by atoms with E-state index in [2.05, 4.69) is 5.32 Å².